The number of nitrogens with zero attached hydrogens (tertiary/aromatic N) is 2. The molecule has 6 nitrogen and oxygen atoms in total. The Balaban J connectivity index is 1.83. The highest BCUT2D eigenvalue weighted by atomic mass is 79.9. The van der Waals surface area contributed by atoms with E-state index in [1.165, 1.54) is 12.1 Å². The van der Waals surface area contributed by atoms with Crippen LogP contribution in [0.25, 0.3) is 0 Å². The van der Waals surface area contributed by atoms with Gasteiger partial charge in [0.2, 0.25) is 0 Å². The average Bonchev–Trinajstić information content (AvgIpc) is 2.40. The number of non-ortho nitro benzene ring substituents is 1. The van der Waals surface area contributed by atoms with E-state index in [9.17, 15) is 10.1 Å². The monoisotopic (exact) mass is 344 g/mol. The molecule has 2 rings (SSSR count). The molecule has 1 heterocycles. The molecule has 0 amide bonds. The molecule has 1 saturated heterocycles. The second-order valence-corrected chi connectivity index (χ2v) is 5.56. The molecule has 1 aliphatic heterocycles. The summed E-state index contributed by atoms with van der Waals surface area (Å²) in [5.41, 5.74) is 0.0474. The predicted molar refractivity (Wildman–Crippen MR) is 78.1 cm³/mol. The lowest BCUT2D eigenvalue weighted by atomic mass is 10.3. The molecule has 1 unspecified atom stereocenters. The molecule has 1 aromatic carbocycles. The van der Waals surface area contributed by atoms with Crippen LogP contribution in [0.2, 0.25) is 0 Å². The zero-order valence-electron chi connectivity index (χ0n) is 11.3. The number of hydrogen-bond acceptors (Lipinski definition) is 5. The Morgan fingerprint density at radius 2 is 2.40 bits per heavy atom. The van der Waals surface area contributed by atoms with Gasteiger partial charge in [0.1, 0.15) is 12.4 Å². The highest BCUT2D eigenvalue weighted by Gasteiger charge is 2.16. The largest absolute Gasteiger partial charge is 0.491 e. The molecule has 0 bridgehead atoms. The molecule has 0 aliphatic carbocycles. The van der Waals surface area contributed by atoms with Crippen molar-refractivity contribution in [2.75, 3.05) is 32.8 Å². The molecule has 7 heteroatoms. The van der Waals surface area contributed by atoms with Gasteiger partial charge in [-0.1, -0.05) is 0 Å². The van der Waals surface area contributed by atoms with Crippen LogP contribution in [0.4, 0.5) is 5.69 Å². The number of morpholine rings is 1. The van der Waals surface area contributed by atoms with Crippen molar-refractivity contribution in [2.45, 2.75) is 13.0 Å². The Labute approximate surface area is 125 Å². The van der Waals surface area contributed by atoms with E-state index in [4.69, 9.17) is 9.47 Å². The van der Waals surface area contributed by atoms with Gasteiger partial charge in [-0.15, -0.1) is 0 Å². The number of ether oxygens (including phenoxy) is 2. The quantitative estimate of drug-likeness (QED) is 0.606. The van der Waals surface area contributed by atoms with Crippen LogP contribution in [-0.2, 0) is 4.74 Å². The van der Waals surface area contributed by atoms with Gasteiger partial charge in [0, 0.05) is 31.8 Å². The Morgan fingerprint density at radius 1 is 1.60 bits per heavy atom. The molecule has 1 atom stereocenters. The zero-order valence-corrected chi connectivity index (χ0v) is 12.8. The Bertz CT molecular complexity index is 483. The maximum absolute atomic E-state index is 10.6. The standard InChI is InChI=1S/C13H17BrN2O4/c1-10-9-15(4-6-19-10)5-7-20-13-3-2-11(16(17)18)8-12(13)14/h2-3,8,10H,4-7,9H2,1H3. The molecular weight excluding hydrogens is 328 g/mol. The number of rotatable bonds is 5. The van der Waals surface area contributed by atoms with E-state index >= 15 is 0 Å². The fraction of sp³-hybridized carbons (Fsp3) is 0.538. The molecule has 1 aliphatic rings. The maximum atomic E-state index is 10.6. The van der Waals surface area contributed by atoms with Gasteiger partial charge in [0.05, 0.1) is 22.1 Å². The van der Waals surface area contributed by atoms with Crippen molar-refractivity contribution in [2.24, 2.45) is 0 Å². The average molecular weight is 345 g/mol. The molecule has 0 N–H and O–H groups in total. The molecule has 1 aromatic rings. The second-order valence-electron chi connectivity index (χ2n) is 4.70. The van der Waals surface area contributed by atoms with Gasteiger partial charge in [0.15, 0.2) is 0 Å². The highest BCUT2D eigenvalue weighted by Crippen LogP contribution is 2.29. The van der Waals surface area contributed by atoms with Gasteiger partial charge in [-0.2, -0.15) is 0 Å². The summed E-state index contributed by atoms with van der Waals surface area (Å²) in [7, 11) is 0. The minimum atomic E-state index is -0.427. The van der Waals surface area contributed by atoms with E-state index in [1.54, 1.807) is 6.07 Å². The van der Waals surface area contributed by atoms with E-state index in [0.717, 1.165) is 26.2 Å². The summed E-state index contributed by atoms with van der Waals surface area (Å²) in [6.45, 7) is 5.99. The van der Waals surface area contributed by atoms with Crippen LogP contribution >= 0.6 is 15.9 Å². The topological polar surface area (TPSA) is 64.8 Å². The molecule has 0 spiro atoms. The predicted octanol–water partition coefficient (Wildman–Crippen LogP) is 2.46. The van der Waals surface area contributed by atoms with Crippen molar-refractivity contribution in [3.05, 3.63) is 32.8 Å². The molecule has 0 aromatic heterocycles. The first-order chi connectivity index (χ1) is 9.56. The Hall–Kier alpha value is -1.18. The normalized spacial score (nSPS) is 19.8. The first-order valence-corrected chi connectivity index (χ1v) is 7.26. The van der Waals surface area contributed by atoms with Crippen LogP contribution in [0.3, 0.4) is 0 Å². The third-order valence-electron chi connectivity index (χ3n) is 3.12. The summed E-state index contributed by atoms with van der Waals surface area (Å²) in [4.78, 5) is 12.5. The van der Waals surface area contributed by atoms with Crippen molar-refractivity contribution in [3.63, 3.8) is 0 Å². The number of hydrogen-bond donors (Lipinski definition) is 0. The molecule has 0 saturated carbocycles. The first kappa shape index (κ1) is 15.2. The van der Waals surface area contributed by atoms with Crippen LogP contribution in [0.1, 0.15) is 6.92 Å². The summed E-state index contributed by atoms with van der Waals surface area (Å²) in [5.74, 6) is 0.622. The lowest BCUT2D eigenvalue weighted by Crippen LogP contribution is -2.42. The molecular formula is C13H17BrN2O4. The number of halogens is 1. The van der Waals surface area contributed by atoms with E-state index in [-0.39, 0.29) is 11.8 Å². The lowest BCUT2D eigenvalue weighted by molar-refractivity contribution is -0.385. The van der Waals surface area contributed by atoms with Gasteiger partial charge in [-0.25, -0.2) is 0 Å². The maximum Gasteiger partial charge on any atom is 0.270 e. The lowest BCUT2D eigenvalue weighted by Gasteiger charge is -2.30. The van der Waals surface area contributed by atoms with Crippen LogP contribution < -0.4 is 4.74 Å². The highest BCUT2D eigenvalue weighted by molar-refractivity contribution is 9.10. The van der Waals surface area contributed by atoms with Crippen LogP contribution in [0.15, 0.2) is 22.7 Å². The fourth-order valence-corrected chi connectivity index (χ4v) is 2.58. The first-order valence-electron chi connectivity index (χ1n) is 6.47. The van der Waals surface area contributed by atoms with Crippen molar-refractivity contribution in [1.82, 2.24) is 4.90 Å². The van der Waals surface area contributed by atoms with Crippen LogP contribution in [0, 0.1) is 10.1 Å². The van der Waals surface area contributed by atoms with Crippen LogP contribution in [-0.4, -0.2) is 48.8 Å². The Morgan fingerprint density at radius 3 is 3.05 bits per heavy atom. The minimum absolute atomic E-state index is 0.0474. The summed E-state index contributed by atoms with van der Waals surface area (Å²) in [6.07, 6.45) is 0.259. The third-order valence-corrected chi connectivity index (χ3v) is 3.74. The fourth-order valence-electron chi connectivity index (χ4n) is 2.10. The second kappa shape index (κ2) is 7.01. The van der Waals surface area contributed by atoms with E-state index in [2.05, 4.69) is 27.8 Å². The summed E-state index contributed by atoms with van der Waals surface area (Å²) < 4.78 is 11.7. The molecule has 20 heavy (non-hydrogen) atoms. The van der Waals surface area contributed by atoms with Gasteiger partial charge < -0.3 is 9.47 Å². The number of nitro benzene ring substituents is 1. The summed E-state index contributed by atoms with van der Waals surface area (Å²) in [5, 5.41) is 10.6. The zero-order chi connectivity index (χ0) is 14.5. The molecule has 110 valence electrons. The van der Waals surface area contributed by atoms with Crippen molar-refractivity contribution < 1.29 is 14.4 Å². The molecule has 0 radical (unpaired) electrons. The number of nitro groups is 1. The third kappa shape index (κ3) is 4.16. The van der Waals surface area contributed by atoms with Gasteiger partial charge in [0.25, 0.3) is 5.69 Å². The van der Waals surface area contributed by atoms with E-state index in [1.807, 2.05) is 0 Å². The van der Waals surface area contributed by atoms with E-state index in [0.29, 0.717) is 16.8 Å². The van der Waals surface area contributed by atoms with Crippen molar-refractivity contribution in [1.29, 1.82) is 0 Å². The van der Waals surface area contributed by atoms with Crippen LogP contribution in [0.5, 0.6) is 5.75 Å². The SMILES string of the molecule is CC1CN(CCOc2ccc([N+](=O)[O-])cc2Br)CCO1. The minimum Gasteiger partial charge on any atom is -0.491 e. The molecule has 1 fully saturated rings. The van der Waals surface area contributed by atoms with Gasteiger partial charge in [-0.05, 0) is 28.9 Å². The smallest absolute Gasteiger partial charge is 0.270 e. The Kier molecular flexibility index (Phi) is 5.33. The van der Waals surface area contributed by atoms with E-state index < -0.39 is 4.92 Å². The van der Waals surface area contributed by atoms with Crippen molar-refractivity contribution >= 4 is 21.6 Å². The van der Waals surface area contributed by atoms with Crippen molar-refractivity contribution in [3.8, 4) is 5.75 Å². The van der Waals surface area contributed by atoms with Gasteiger partial charge >= 0.3 is 0 Å². The summed E-state index contributed by atoms with van der Waals surface area (Å²) >= 11 is 3.29. The summed E-state index contributed by atoms with van der Waals surface area (Å²) in [6, 6.07) is 4.51. The van der Waals surface area contributed by atoms with Gasteiger partial charge in [-0.3, -0.25) is 15.0 Å². The number of benzene rings is 1.